The van der Waals surface area contributed by atoms with Crippen LogP contribution in [0.2, 0.25) is 0 Å². The zero-order chi connectivity index (χ0) is 22.5. The van der Waals surface area contributed by atoms with E-state index in [0.29, 0.717) is 24.4 Å². The molecule has 0 fully saturated rings. The minimum atomic E-state index is -0.293. The lowest BCUT2D eigenvalue weighted by atomic mass is 10.0. The summed E-state index contributed by atoms with van der Waals surface area (Å²) in [6.45, 7) is 2.96. The maximum atomic E-state index is 13.6. The van der Waals surface area contributed by atoms with Crippen molar-refractivity contribution in [3.05, 3.63) is 83.7 Å². The van der Waals surface area contributed by atoms with Gasteiger partial charge >= 0.3 is 0 Å². The van der Waals surface area contributed by atoms with Gasteiger partial charge in [0.2, 0.25) is 0 Å². The number of nitrogens with zero attached hydrogens (tertiary/aromatic N) is 2. The molecule has 0 amide bonds. The third kappa shape index (κ3) is 4.78. The van der Waals surface area contributed by atoms with Gasteiger partial charge in [0.1, 0.15) is 18.3 Å². The molecule has 3 N–H and O–H groups in total. The summed E-state index contributed by atoms with van der Waals surface area (Å²) in [5.41, 5.74) is 5.36. The highest BCUT2D eigenvalue weighted by molar-refractivity contribution is 6.02. The molecule has 1 unspecified atom stereocenters. The molecule has 0 saturated heterocycles. The second-order valence-electron chi connectivity index (χ2n) is 7.57. The molecule has 3 aromatic rings. The smallest absolute Gasteiger partial charge is 0.150 e. The molecule has 7 heteroatoms. The quantitative estimate of drug-likeness (QED) is 0.283. The molecule has 1 atom stereocenters. The molecular weight excluding hydrogens is 407 g/mol. The summed E-state index contributed by atoms with van der Waals surface area (Å²) in [4.78, 5) is 11.0. The normalized spacial score (nSPS) is 15.0. The van der Waals surface area contributed by atoms with Crippen LogP contribution in [0.1, 0.15) is 22.8 Å². The van der Waals surface area contributed by atoms with Gasteiger partial charge in [-0.05, 0) is 54.4 Å². The fraction of sp³-hybridized carbons (Fsp3) is 0.200. The average Bonchev–Trinajstić information content (AvgIpc) is 3.23. The number of aldehydes is 1. The average molecular weight is 432 g/mol. The number of aliphatic hydroxyl groups is 1. The summed E-state index contributed by atoms with van der Waals surface area (Å²) in [6.07, 6.45) is 0.734. The van der Waals surface area contributed by atoms with Crippen LogP contribution in [0.25, 0.3) is 11.1 Å². The van der Waals surface area contributed by atoms with E-state index >= 15 is 0 Å². The van der Waals surface area contributed by atoms with E-state index < -0.39 is 0 Å². The minimum Gasteiger partial charge on any atom is -0.390 e. The Hall–Kier alpha value is -3.71. The fourth-order valence-corrected chi connectivity index (χ4v) is 3.73. The van der Waals surface area contributed by atoms with Crippen LogP contribution >= 0.6 is 0 Å². The Bertz CT molecular complexity index is 1150. The van der Waals surface area contributed by atoms with Gasteiger partial charge in [-0.15, -0.1) is 0 Å². The van der Waals surface area contributed by atoms with Crippen molar-refractivity contribution >= 4 is 23.4 Å². The van der Waals surface area contributed by atoms with E-state index in [1.54, 1.807) is 12.1 Å². The highest BCUT2D eigenvalue weighted by atomic mass is 19.1. The molecule has 0 bridgehead atoms. The van der Waals surface area contributed by atoms with Crippen LogP contribution in [0.3, 0.4) is 0 Å². The highest BCUT2D eigenvalue weighted by Crippen LogP contribution is 2.29. The maximum Gasteiger partial charge on any atom is 0.150 e. The number of hydrazone groups is 1. The molecule has 1 aliphatic rings. The van der Waals surface area contributed by atoms with Crippen LogP contribution in [0.4, 0.5) is 15.8 Å². The van der Waals surface area contributed by atoms with Crippen molar-refractivity contribution < 1.29 is 14.3 Å². The molecule has 6 nitrogen and oxygen atoms in total. The summed E-state index contributed by atoms with van der Waals surface area (Å²) in [5.74, 6) is -0.293. The molecule has 32 heavy (non-hydrogen) atoms. The van der Waals surface area contributed by atoms with Gasteiger partial charge in [0.05, 0.1) is 30.2 Å². The van der Waals surface area contributed by atoms with E-state index in [1.807, 2.05) is 54.4 Å². The number of halogens is 1. The number of nitrogens with one attached hydrogen (secondary N) is 2. The Morgan fingerprint density at radius 3 is 2.53 bits per heavy atom. The molecule has 3 aromatic carbocycles. The summed E-state index contributed by atoms with van der Waals surface area (Å²) in [7, 11) is 0. The Kier molecular flexibility index (Phi) is 6.47. The van der Waals surface area contributed by atoms with Gasteiger partial charge in [-0.2, -0.15) is 5.10 Å². The summed E-state index contributed by atoms with van der Waals surface area (Å²) >= 11 is 0. The summed E-state index contributed by atoms with van der Waals surface area (Å²) in [5, 5.41) is 23.3. The molecule has 0 aliphatic carbocycles. The Labute approximate surface area is 186 Å². The number of benzene rings is 3. The number of carbonyl (C=O) groups is 1. The van der Waals surface area contributed by atoms with Crippen molar-refractivity contribution in [3.8, 4) is 11.1 Å². The third-order valence-electron chi connectivity index (χ3n) is 5.36. The lowest BCUT2D eigenvalue weighted by Gasteiger charge is -2.23. The lowest BCUT2D eigenvalue weighted by molar-refractivity contribution is 0.112. The first-order valence-electron chi connectivity index (χ1n) is 10.5. The van der Waals surface area contributed by atoms with Gasteiger partial charge in [0.25, 0.3) is 0 Å². The molecule has 0 spiro atoms. The molecule has 0 saturated carbocycles. The van der Waals surface area contributed by atoms with Crippen molar-refractivity contribution in [1.29, 1.82) is 0 Å². The lowest BCUT2D eigenvalue weighted by Crippen LogP contribution is -2.36. The van der Waals surface area contributed by atoms with Crippen LogP contribution in [0.5, 0.6) is 0 Å². The van der Waals surface area contributed by atoms with E-state index in [-0.39, 0.29) is 18.6 Å². The van der Waals surface area contributed by atoms with Gasteiger partial charge in [0.15, 0.2) is 0 Å². The van der Waals surface area contributed by atoms with Crippen molar-refractivity contribution in [3.63, 3.8) is 0 Å². The molecule has 0 radical (unpaired) electrons. The standard InChI is InChI=1S/C25H25FN4O2/c1-2-30(14-25-27-22-10-9-17(15-31)11-23(22)28-25)29-24(16-32)20-7-3-5-18(12-20)19-6-4-8-21(26)13-19/h3-13,15,25,27-28,32H,2,14,16H2,1H3/b29-24+. The largest absolute Gasteiger partial charge is 0.390 e. The molecule has 1 heterocycles. The Balaban J connectivity index is 1.52. The van der Waals surface area contributed by atoms with E-state index in [4.69, 9.17) is 0 Å². The van der Waals surface area contributed by atoms with Gasteiger partial charge in [-0.1, -0.05) is 30.3 Å². The van der Waals surface area contributed by atoms with Crippen LogP contribution < -0.4 is 10.6 Å². The minimum absolute atomic E-state index is 0.0887. The van der Waals surface area contributed by atoms with Gasteiger partial charge < -0.3 is 15.7 Å². The zero-order valence-electron chi connectivity index (χ0n) is 17.8. The Morgan fingerprint density at radius 1 is 1.06 bits per heavy atom. The van der Waals surface area contributed by atoms with Crippen molar-refractivity contribution in [2.45, 2.75) is 13.1 Å². The fourth-order valence-electron chi connectivity index (χ4n) is 3.73. The SMILES string of the molecule is CCN(CC1Nc2ccc(C=O)cc2N1)/N=C(\CO)c1cccc(-c2cccc(F)c2)c1. The number of carbonyl (C=O) groups excluding carboxylic acids is 1. The maximum absolute atomic E-state index is 13.6. The first-order chi connectivity index (χ1) is 15.6. The number of likely N-dealkylation sites (N-methyl/N-ethyl adjacent to an activating group) is 1. The van der Waals surface area contributed by atoms with Crippen LogP contribution in [-0.4, -0.2) is 48.0 Å². The monoisotopic (exact) mass is 432 g/mol. The van der Waals surface area contributed by atoms with E-state index in [1.165, 1.54) is 12.1 Å². The molecule has 4 rings (SSSR count). The van der Waals surface area contributed by atoms with Crippen molar-refractivity contribution in [2.24, 2.45) is 5.10 Å². The Morgan fingerprint density at radius 2 is 1.81 bits per heavy atom. The zero-order valence-corrected chi connectivity index (χ0v) is 17.8. The molecule has 164 valence electrons. The van der Waals surface area contributed by atoms with E-state index in [2.05, 4.69) is 15.7 Å². The predicted molar refractivity (Wildman–Crippen MR) is 126 cm³/mol. The van der Waals surface area contributed by atoms with Gasteiger partial charge in [-0.3, -0.25) is 9.80 Å². The topological polar surface area (TPSA) is 77.0 Å². The third-order valence-corrected chi connectivity index (χ3v) is 5.36. The predicted octanol–water partition coefficient (Wildman–Crippen LogP) is 4.19. The number of anilines is 2. The number of hydrogen-bond donors (Lipinski definition) is 3. The molecule has 1 aliphatic heterocycles. The van der Waals surface area contributed by atoms with Gasteiger partial charge in [0, 0.05) is 17.7 Å². The number of aliphatic hydroxyl groups excluding tert-OH is 1. The summed E-state index contributed by atoms with van der Waals surface area (Å²) < 4.78 is 13.6. The highest BCUT2D eigenvalue weighted by Gasteiger charge is 2.21. The van der Waals surface area contributed by atoms with E-state index in [9.17, 15) is 14.3 Å². The summed E-state index contributed by atoms with van der Waals surface area (Å²) in [6, 6.07) is 19.4. The van der Waals surface area contributed by atoms with E-state index in [0.717, 1.165) is 34.4 Å². The van der Waals surface area contributed by atoms with Gasteiger partial charge in [-0.25, -0.2) is 4.39 Å². The second kappa shape index (κ2) is 9.62. The first kappa shape index (κ1) is 21.5. The first-order valence-corrected chi connectivity index (χ1v) is 10.5. The van der Waals surface area contributed by atoms with Crippen molar-refractivity contribution in [1.82, 2.24) is 5.01 Å². The number of fused-ring (bicyclic) bond motifs is 1. The second-order valence-corrected chi connectivity index (χ2v) is 7.57. The number of rotatable bonds is 8. The van der Waals surface area contributed by atoms with Crippen LogP contribution in [0.15, 0.2) is 71.8 Å². The number of hydrogen-bond acceptors (Lipinski definition) is 6. The van der Waals surface area contributed by atoms with Crippen LogP contribution in [0, 0.1) is 5.82 Å². The van der Waals surface area contributed by atoms with Crippen molar-refractivity contribution in [2.75, 3.05) is 30.3 Å². The van der Waals surface area contributed by atoms with Crippen LogP contribution in [-0.2, 0) is 0 Å². The molecule has 0 aromatic heterocycles. The molecular formula is C25H25FN4O2.